The molecule has 2 fully saturated rings. The molecular formula is C27H34F3N3O. The summed E-state index contributed by atoms with van der Waals surface area (Å²) in [6.07, 6.45) is 2.51. The fourth-order valence-electron chi connectivity index (χ4n) is 6.05. The van der Waals surface area contributed by atoms with Gasteiger partial charge in [0.1, 0.15) is 0 Å². The number of hydrogen-bond donors (Lipinski definition) is 0. The monoisotopic (exact) mass is 473 g/mol. The Bertz CT molecular complexity index is 1030. The Morgan fingerprint density at radius 2 is 1.68 bits per heavy atom. The number of anilines is 2. The molecule has 2 heterocycles. The van der Waals surface area contributed by atoms with Crippen LogP contribution in [0.4, 0.5) is 24.5 Å². The van der Waals surface area contributed by atoms with E-state index in [1.807, 2.05) is 17.0 Å². The van der Waals surface area contributed by atoms with Gasteiger partial charge in [-0.15, -0.1) is 0 Å². The van der Waals surface area contributed by atoms with Gasteiger partial charge in [-0.3, -0.25) is 4.79 Å². The molecule has 184 valence electrons. The summed E-state index contributed by atoms with van der Waals surface area (Å²) in [6, 6.07) is 10.3. The summed E-state index contributed by atoms with van der Waals surface area (Å²) in [7, 11) is 0. The van der Waals surface area contributed by atoms with Gasteiger partial charge in [-0.25, -0.2) is 0 Å². The molecule has 7 heteroatoms. The minimum absolute atomic E-state index is 0.120. The summed E-state index contributed by atoms with van der Waals surface area (Å²) in [5.74, 6) is 0.700. The van der Waals surface area contributed by atoms with Crippen molar-refractivity contribution in [3.63, 3.8) is 0 Å². The first-order chi connectivity index (χ1) is 16.4. The van der Waals surface area contributed by atoms with Crippen molar-refractivity contribution in [1.29, 1.82) is 0 Å². The first kappa shape index (κ1) is 23.5. The molecule has 2 aromatic rings. The third-order valence-corrected chi connectivity index (χ3v) is 7.79. The van der Waals surface area contributed by atoms with Crippen molar-refractivity contribution in [3.05, 3.63) is 35.9 Å². The van der Waals surface area contributed by atoms with Crippen molar-refractivity contribution in [1.82, 2.24) is 4.90 Å². The van der Waals surface area contributed by atoms with Crippen LogP contribution in [0, 0.1) is 5.92 Å². The van der Waals surface area contributed by atoms with Crippen LogP contribution < -0.4 is 9.80 Å². The zero-order chi connectivity index (χ0) is 23.7. The first-order valence-corrected chi connectivity index (χ1v) is 12.8. The lowest BCUT2D eigenvalue weighted by Crippen LogP contribution is -2.33. The van der Waals surface area contributed by atoms with E-state index in [4.69, 9.17) is 0 Å². The quantitative estimate of drug-likeness (QED) is 0.497. The molecule has 2 aliphatic heterocycles. The highest BCUT2D eigenvalue weighted by Gasteiger charge is 2.33. The summed E-state index contributed by atoms with van der Waals surface area (Å²) in [4.78, 5) is 19.8. The topological polar surface area (TPSA) is 26.8 Å². The molecule has 34 heavy (non-hydrogen) atoms. The third kappa shape index (κ3) is 4.90. The average Bonchev–Trinajstić information content (AvgIpc) is 2.96. The summed E-state index contributed by atoms with van der Waals surface area (Å²) in [6.45, 7) is 4.52. The van der Waals surface area contributed by atoms with Crippen LogP contribution in [0.1, 0.15) is 61.7 Å². The Labute approximate surface area is 199 Å². The molecule has 0 radical (unpaired) electrons. The normalized spacial score (nSPS) is 20.4. The highest BCUT2D eigenvalue weighted by molar-refractivity contribution is 6.26. The fourth-order valence-corrected chi connectivity index (χ4v) is 6.05. The number of halogens is 3. The van der Waals surface area contributed by atoms with E-state index < -0.39 is 12.6 Å². The van der Waals surface area contributed by atoms with Crippen LogP contribution in [0.3, 0.4) is 0 Å². The molecule has 0 spiro atoms. The van der Waals surface area contributed by atoms with Gasteiger partial charge in [0.05, 0.1) is 5.69 Å². The first-order valence-electron chi connectivity index (χ1n) is 12.8. The fraction of sp³-hybridized carbons (Fsp3) is 0.593. The van der Waals surface area contributed by atoms with E-state index in [9.17, 15) is 18.0 Å². The SMILES string of the molecule is O=C1c2cccc3c(N4CCCN(CCCC(F)(F)F)CC4)ccc(c23)N1CC1CCCCC1. The van der Waals surface area contributed by atoms with Gasteiger partial charge >= 0.3 is 6.18 Å². The Morgan fingerprint density at radius 1 is 0.882 bits per heavy atom. The second-order valence-corrected chi connectivity index (χ2v) is 10.2. The number of benzene rings is 2. The second-order valence-electron chi connectivity index (χ2n) is 10.2. The van der Waals surface area contributed by atoms with Gasteiger partial charge in [0.2, 0.25) is 0 Å². The van der Waals surface area contributed by atoms with E-state index in [2.05, 4.69) is 28.0 Å². The van der Waals surface area contributed by atoms with Crippen LogP contribution in [-0.2, 0) is 0 Å². The molecule has 1 amide bonds. The number of hydrogen-bond acceptors (Lipinski definition) is 3. The van der Waals surface area contributed by atoms with Gasteiger partial charge in [0.15, 0.2) is 0 Å². The maximum atomic E-state index is 13.3. The van der Waals surface area contributed by atoms with Gasteiger partial charge in [-0.1, -0.05) is 31.4 Å². The lowest BCUT2D eigenvalue weighted by molar-refractivity contribution is -0.136. The Hall–Kier alpha value is -2.28. The van der Waals surface area contributed by atoms with Gasteiger partial charge in [0.25, 0.3) is 5.91 Å². The average molecular weight is 474 g/mol. The Morgan fingerprint density at radius 3 is 2.47 bits per heavy atom. The van der Waals surface area contributed by atoms with Crippen LogP contribution >= 0.6 is 0 Å². The molecule has 1 saturated heterocycles. The molecule has 0 bridgehead atoms. The molecule has 4 nitrogen and oxygen atoms in total. The summed E-state index contributed by atoms with van der Waals surface area (Å²) < 4.78 is 37.6. The van der Waals surface area contributed by atoms with E-state index in [1.54, 1.807) is 0 Å². The Balaban J connectivity index is 1.33. The zero-order valence-corrected chi connectivity index (χ0v) is 19.7. The predicted molar refractivity (Wildman–Crippen MR) is 131 cm³/mol. The summed E-state index contributed by atoms with van der Waals surface area (Å²) in [5.41, 5.74) is 2.97. The number of nitrogens with zero attached hydrogens (tertiary/aromatic N) is 3. The van der Waals surface area contributed by atoms with Crippen LogP contribution in [0.2, 0.25) is 0 Å². The standard InChI is InChI=1S/C27H34F3N3O/c28-27(29,30)13-5-14-31-15-6-16-32(18-17-31)23-11-12-24-25-21(23)9-4-10-22(25)26(34)33(24)19-20-7-2-1-3-8-20/h4,9-12,20H,1-3,5-8,13-19H2. The van der Waals surface area contributed by atoms with Crippen LogP contribution in [0.15, 0.2) is 30.3 Å². The highest BCUT2D eigenvalue weighted by Crippen LogP contribution is 2.43. The Kier molecular flexibility index (Phi) is 6.74. The molecule has 0 atom stereocenters. The van der Waals surface area contributed by atoms with Crippen molar-refractivity contribution >= 4 is 28.1 Å². The molecule has 0 unspecified atom stereocenters. The third-order valence-electron chi connectivity index (χ3n) is 7.79. The minimum Gasteiger partial charge on any atom is -0.370 e. The minimum atomic E-state index is -4.08. The van der Waals surface area contributed by atoms with Crippen molar-refractivity contribution in [2.45, 2.75) is 57.5 Å². The van der Waals surface area contributed by atoms with E-state index >= 15 is 0 Å². The van der Waals surface area contributed by atoms with Crippen molar-refractivity contribution in [2.75, 3.05) is 49.1 Å². The van der Waals surface area contributed by atoms with Gasteiger partial charge in [-0.05, 0) is 62.9 Å². The number of rotatable bonds is 6. The van der Waals surface area contributed by atoms with Crippen molar-refractivity contribution in [3.8, 4) is 0 Å². The van der Waals surface area contributed by atoms with Gasteiger partial charge < -0.3 is 14.7 Å². The lowest BCUT2D eigenvalue weighted by Gasteiger charge is -2.28. The van der Waals surface area contributed by atoms with E-state index in [1.165, 1.54) is 32.1 Å². The predicted octanol–water partition coefficient (Wildman–Crippen LogP) is 6.23. The largest absolute Gasteiger partial charge is 0.389 e. The summed E-state index contributed by atoms with van der Waals surface area (Å²) in [5, 5.41) is 2.17. The zero-order valence-electron chi connectivity index (χ0n) is 19.7. The highest BCUT2D eigenvalue weighted by atomic mass is 19.4. The lowest BCUT2D eigenvalue weighted by atomic mass is 9.89. The van der Waals surface area contributed by atoms with E-state index in [-0.39, 0.29) is 12.3 Å². The van der Waals surface area contributed by atoms with Crippen molar-refractivity contribution in [2.24, 2.45) is 5.92 Å². The molecule has 0 N–H and O–H groups in total. The summed E-state index contributed by atoms with van der Waals surface area (Å²) >= 11 is 0. The maximum absolute atomic E-state index is 13.3. The number of carbonyl (C=O) groups excluding carboxylic acids is 1. The van der Waals surface area contributed by atoms with Crippen LogP contribution in [0.25, 0.3) is 10.8 Å². The number of carbonyl (C=O) groups is 1. The smallest absolute Gasteiger partial charge is 0.370 e. The molecule has 0 aromatic heterocycles. The molecule has 2 aromatic carbocycles. The molecular weight excluding hydrogens is 439 g/mol. The van der Waals surface area contributed by atoms with Gasteiger partial charge in [0, 0.05) is 54.6 Å². The van der Waals surface area contributed by atoms with Crippen LogP contribution in [0.5, 0.6) is 0 Å². The van der Waals surface area contributed by atoms with Gasteiger partial charge in [-0.2, -0.15) is 13.2 Å². The van der Waals surface area contributed by atoms with Crippen molar-refractivity contribution < 1.29 is 18.0 Å². The molecule has 3 aliphatic rings. The number of amides is 1. The van der Waals surface area contributed by atoms with Crippen LogP contribution in [-0.4, -0.2) is 56.3 Å². The molecule has 1 saturated carbocycles. The molecule has 1 aliphatic carbocycles. The van der Waals surface area contributed by atoms with E-state index in [0.29, 0.717) is 12.5 Å². The second kappa shape index (κ2) is 9.76. The van der Waals surface area contributed by atoms with E-state index in [0.717, 1.165) is 66.9 Å². The maximum Gasteiger partial charge on any atom is 0.389 e. The molecule has 5 rings (SSSR count). The number of alkyl halides is 3.